The summed E-state index contributed by atoms with van der Waals surface area (Å²) in [6, 6.07) is 10.9. The number of methoxy groups -OCH3 is 1. The van der Waals surface area contributed by atoms with E-state index in [1.54, 1.807) is 19.1 Å². The molecule has 0 aromatic heterocycles. The summed E-state index contributed by atoms with van der Waals surface area (Å²) in [5.74, 6) is -4.59. The monoisotopic (exact) mass is 453 g/mol. The van der Waals surface area contributed by atoms with Crippen LogP contribution >= 0.6 is 0 Å². The summed E-state index contributed by atoms with van der Waals surface area (Å²) in [5.41, 5.74) is 0.500. The highest BCUT2D eigenvalue weighted by atomic mass is 19.1. The topological polar surface area (TPSA) is 66.8 Å². The summed E-state index contributed by atoms with van der Waals surface area (Å²) in [6.07, 6.45) is 0. The summed E-state index contributed by atoms with van der Waals surface area (Å²) in [4.78, 5) is 26.9. The number of nitrogens with zero attached hydrogens (tertiary/aromatic N) is 1. The minimum Gasteiger partial charge on any atom is -0.507 e. The van der Waals surface area contributed by atoms with Crippen molar-refractivity contribution in [2.45, 2.75) is 13.0 Å². The predicted octanol–water partition coefficient (Wildman–Crippen LogP) is 5.05. The Hall–Kier alpha value is -4.07. The molecule has 1 aliphatic rings. The lowest BCUT2D eigenvalue weighted by Gasteiger charge is -2.25. The molecule has 33 heavy (non-hydrogen) atoms. The lowest BCUT2D eigenvalue weighted by molar-refractivity contribution is -0.132. The molecule has 1 heterocycles. The van der Waals surface area contributed by atoms with Crippen LogP contribution in [-0.2, 0) is 9.59 Å². The van der Waals surface area contributed by atoms with Gasteiger partial charge in [0.2, 0.25) is 0 Å². The number of anilines is 1. The number of aliphatic hydroxyl groups excluding tert-OH is 1. The van der Waals surface area contributed by atoms with Crippen LogP contribution in [0.25, 0.3) is 5.76 Å². The Morgan fingerprint density at radius 3 is 2.21 bits per heavy atom. The van der Waals surface area contributed by atoms with Gasteiger partial charge in [-0.15, -0.1) is 0 Å². The van der Waals surface area contributed by atoms with Gasteiger partial charge in [-0.25, -0.2) is 13.2 Å². The summed E-state index contributed by atoms with van der Waals surface area (Å²) in [5, 5.41) is 11.1. The first kappa shape index (κ1) is 22.1. The molecule has 1 atom stereocenters. The highest BCUT2D eigenvalue weighted by Gasteiger charge is 2.47. The number of amides is 1. The zero-order valence-corrected chi connectivity index (χ0v) is 17.6. The lowest BCUT2D eigenvalue weighted by Crippen LogP contribution is -2.30. The van der Waals surface area contributed by atoms with Crippen LogP contribution in [0.4, 0.5) is 18.9 Å². The van der Waals surface area contributed by atoms with E-state index in [-0.39, 0.29) is 22.4 Å². The average Bonchev–Trinajstić information content (AvgIpc) is 3.04. The molecule has 168 valence electrons. The lowest BCUT2D eigenvalue weighted by atomic mass is 9.94. The zero-order chi connectivity index (χ0) is 23.9. The standard InChI is InChI=1S/C25H18F3NO4/c1-13-11-15(5-10-20(13)33-2)23(30)21-22(14-3-6-16(26)7-4-14)29(25(32)24(21)31)19-9-8-17(27)12-18(19)28/h3-12,22,30H,1-2H3/b23-21+. The van der Waals surface area contributed by atoms with Gasteiger partial charge in [-0.2, -0.15) is 0 Å². The van der Waals surface area contributed by atoms with Crippen LogP contribution in [0.15, 0.2) is 66.2 Å². The Labute approximate surface area is 187 Å². The molecule has 3 aromatic carbocycles. The molecule has 0 saturated carbocycles. The second-order valence-electron chi connectivity index (χ2n) is 7.50. The highest BCUT2D eigenvalue weighted by molar-refractivity contribution is 6.51. The van der Waals surface area contributed by atoms with Crippen molar-refractivity contribution in [2.75, 3.05) is 12.0 Å². The molecule has 3 aromatic rings. The second-order valence-corrected chi connectivity index (χ2v) is 7.50. The van der Waals surface area contributed by atoms with Crippen LogP contribution in [0.5, 0.6) is 5.75 Å². The molecule has 1 unspecified atom stereocenters. The third-order valence-corrected chi connectivity index (χ3v) is 5.47. The zero-order valence-electron chi connectivity index (χ0n) is 17.6. The van der Waals surface area contributed by atoms with Gasteiger partial charge < -0.3 is 9.84 Å². The van der Waals surface area contributed by atoms with E-state index in [0.717, 1.165) is 29.2 Å². The van der Waals surface area contributed by atoms with Gasteiger partial charge in [0.1, 0.15) is 29.0 Å². The first-order valence-corrected chi connectivity index (χ1v) is 9.89. The molecule has 8 heteroatoms. The molecule has 0 radical (unpaired) electrons. The number of Topliss-reactive ketones (excluding diaryl/α,β-unsaturated/α-hetero) is 1. The number of aliphatic hydroxyl groups is 1. The molecule has 1 amide bonds. The normalized spacial score (nSPS) is 17.5. The molecule has 0 spiro atoms. The summed E-state index contributed by atoms with van der Waals surface area (Å²) >= 11 is 0. The van der Waals surface area contributed by atoms with E-state index in [2.05, 4.69) is 0 Å². The first-order valence-electron chi connectivity index (χ1n) is 9.89. The fourth-order valence-corrected chi connectivity index (χ4v) is 3.90. The van der Waals surface area contributed by atoms with Crippen molar-refractivity contribution < 1.29 is 32.6 Å². The molecule has 0 aliphatic carbocycles. The molecular weight excluding hydrogens is 435 g/mol. The van der Waals surface area contributed by atoms with Gasteiger partial charge in [0, 0.05) is 11.6 Å². The quantitative estimate of drug-likeness (QED) is 0.341. The predicted molar refractivity (Wildman–Crippen MR) is 115 cm³/mol. The van der Waals surface area contributed by atoms with E-state index in [1.165, 1.54) is 25.3 Å². The second kappa shape index (κ2) is 8.46. The van der Waals surface area contributed by atoms with Crippen LogP contribution in [-0.4, -0.2) is 23.9 Å². The number of ketones is 1. The van der Waals surface area contributed by atoms with E-state index < -0.39 is 40.9 Å². The summed E-state index contributed by atoms with van der Waals surface area (Å²) in [7, 11) is 1.49. The SMILES string of the molecule is COc1ccc(/C(O)=C2\C(=O)C(=O)N(c3ccc(F)cc3F)C2c2ccc(F)cc2)cc1C. The molecular formula is C25H18F3NO4. The molecule has 0 bridgehead atoms. The van der Waals surface area contributed by atoms with Gasteiger partial charge in [-0.05, 0) is 60.5 Å². The fourth-order valence-electron chi connectivity index (χ4n) is 3.90. The van der Waals surface area contributed by atoms with E-state index in [0.29, 0.717) is 17.4 Å². The van der Waals surface area contributed by atoms with E-state index in [9.17, 15) is 27.9 Å². The van der Waals surface area contributed by atoms with Gasteiger partial charge in [-0.3, -0.25) is 14.5 Å². The Morgan fingerprint density at radius 1 is 0.939 bits per heavy atom. The Kier molecular flexibility index (Phi) is 5.68. The third kappa shape index (κ3) is 3.84. The van der Waals surface area contributed by atoms with Gasteiger partial charge in [-0.1, -0.05) is 12.1 Å². The Bertz CT molecular complexity index is 1300. The van der Waals surface area contributed by atoms with E-state index in [1.807, 2.05) is 0 Å². The number of aryl methyl sites for hydroxylation is 1. The van der Waals surface area contributed by atoms with Gasteiger partial charge in [0.25, 0.3) is 11.7 Å². The van der Waals surface area contributed by atoms with Crippen molar-refractivity contribution >= 4 is 23.1 Å². The van der Waals surface area contributed by atoms with Gasteiger partial charge >= 0.3 is 0 Å². The number of rotatable bonds is 4. The van der Waals surface area contributed by atoms with E-state index >= 15 is 0 Å². The van der Waals surface area contributed by atoms with Crippen molar-refractivity contribution in [3.05, 3.63) is 100 Å². The minimum atomic E-state index is -1.27. The van der Waals surface area contributed by atoms with E-state index in [4.69, 9.17) is 4.74 Å². The van der Waals surface area contributed by atoms with Gasteiger partial charge in [0.05, 0.1) is 24.4 Å². The minimum absolute atomic E-state index is 0.234. The van der Waals surface area contributed by atoms with Gasteiger partial charge in [0.15, 0.2) is 0 Å². The molecule has 4 rings (SSSR count). The molecule has 1 saturated heterocycles. The Balaban J connectivity index is 1.96. The third-order valence-electron chi connectivity index (χ3n) is 5.47. The maximum absolute atomic E-state index is 14.6. The smallest absolute Gasteiger partial charge is 0.300 e. The number of carbonyl (C=O) groups excluding carboxylic acids is 2. The number of hydrogen-bond donors (Lipinski definition) is 1. The van der Waals surface area contributed by atoms with Crippen molar-refractivity contribution in [1.82, 2.24) is 0 Å². The number of ether oxygens (including phenoxy) is 1. The summed E-state index contributed by atoms with van der Waals surface area (Å²) in [6.45, 7) is 1.74. The Morgan fingerprint density at radius 2 is 1.61 bits per heavy atom. The number of halogens is 3. The van der Waals surface area contributed by atoms with Crippen molar-refractivity contribution in [3.63, 3.8) is 0 Å². The van der Waals surface area contributed by atoms with Crippen molar-refractivity contribution in [2.24, 2.45) is 0 Å². The number of hydrogen-bond acceptors (Lipinski definition) is 4. The number of carbonyl (C=O) groups is 2. The van der Waals surface area contributed by atoms with Crippen molar-refractivity contribution in [3.8, 4) is 5.75 Å². The maximum atomic E-state index is 14.6. The average molecular weight is 453 g/mol. The maximum Gasteiger partial charge on any atom is 0.300 e. The molecule has 1 fully saturated rings. The molecule has 5 nitrogen and oxygen atoms in total. The van der Waals surface area contributed by atoms with Crippen molar-refractivity contribution in [1.29, 1.82) is 0 Å². The van der Waals surface area contributed by atoms with Crippen LogP contribution in [0.1, 0.15) is 22.7 Å². The molecule has 1 aliphatic heterocycles. The van der Waals surface area contributed by atoms with Crippen LogP contribution in [0, 0.1) is 24.4 Å². The fraction of sp³-hybridized carbons (Fsp3) is 0.120. The molecule has 1 N–H and O–H groups in total. The summed E-state index contributed by atoms with van der Waals surface area (Å²) < 4.78 is 46.9. The number of benzene rings is 3. The van der Waals surface area contributed by atoms with Crippen LogP contribution < -0.4 is 9.64 Å². The largest absolute Gasteiger partial charge is 0.507 e. The van der Waals surface area contributed by atoms with Crippen LogP contribution in [0.2, 0.25) is 0 Å². The highest BCUT2D eigenvalue weighted by Crippen LogP contribution is 2.43. The van der Waals surface area contributed by atoms with Crippen LogP contribution in [0.3, 0.4) is 0 Å². The first-order chi connectivity index (χ1) is 15.7.